The van der Waals surface area contributed by atoms with Crippen LogP contribution in [0, 0.1) is 0 Å². The Morgan fingerprint density at radius 3 is 2.44 bits per heavy atom. The van der Waals surface area contributed by atoms with E-state index in [0.29, 0.717) is 16.8 Å². The van der Waals surface area contributed by atoms with Crippen LogP contribution in [0.3, 0.4) is 0 Å². The summed E-state index contributed by atoms with van der Waals surface area (Å²) in [6, 6.07) is 10.7. The van der Waals surface area contributed by atoms with Crippen molar-refractivity contribution in [3.05, 3.63) is 75.6 Å². The van der Waals surface area contributed by atoms with Crippen molar-refractivity contribution in [2.24, 2.45) is 0 Å². The fourth-order valence-electron chi connectivity index (χ4n) is 2.57. The molecule has 8 heteroatoms. The molecule has 27 heavy (non-hydrogen) atoms. The maximum absolute atomic E-state index is 12.6. The molecule has 0 aliphatic rings. The summed E-state index contributed by atoms with van der Waals surface area (Å²) in [6.07, 6.45) is -4.46. The number of carbonyl (C=O) groups is 1. The summed E-state index contributed by atoms with van der Waals surface area (Å²) in [5.74, 6) is 0.0273. The number of carbonyl (C=O) groups excluding carboxylic acids is 1. The Labute approximate surface area is 151 Å². The van der Waals surface area contributed by atoms with Crippen molar-refractivity contribution < 1.29 is 22.7 Å². The van der Waals surface area contributed by atoms with E-state index in [0.717, 1.165) is 29.7 Å². The number of nitrogens with one attached hydrogen (secondary N) is 2. The maximum atomic E-state index is 12.6. The summed E-state index contributed by atoms with van der Waals surface area (Å²) >= 11 is 0. The van der Waals surface area contributed by atoms with Gasteiger partial charge in [-0.1, -0.05) is 0 Å². The predicted molar refractivity (Wildman–Crippen MR) is 93.7 cm³/mol. The third-order valence-corrected chi connectivity index (χ3v) is 4.04. The number of halogens is 3. The SMILES string of the molecule is COc1ccc2cc(CNC(=O)c3ccc(C(F)(F)F)cc3)c(=O)[nH]c2c1. The van der Waals surface area contributed by atoms with Gasteiger partial charge < -0.3 is 15.0 Å². The second kappa shape index (κ2) is 7.14. The van der Waals surface area contributed by atoms with E-state index in [1.54, 1.807) is 24.3 Å². The molecule has 0 spiro atoms. The van der Waals surface area contributed by atoms with Gasteiger partial charge in [-0.3, -0.25) is 9.59 Å². The number of rotatable bonds is 4. The highest BCUT2D eigenvalue weighted by Gasteiger charge is 2.30. The molecule has 0 aliphatic carbocycles. The van der Waals surface area contributed by atoms with E-state index in [-0.39, 0.29) is 17.7 Å². The normalized spacial score (nSPS) is 11.4. The van der Waals surface area contributed by atoms with E-state index in [1.165, 1.54) is 7.11 Å². The quantitative estimate of drug-likeness (QED) is 0.732. The minimum absolute atomic E-state index is 0.0584. The molecule has 0 bridgehead atoms. The monoisotopic (exact) mass is 376 g/mol. The molecule has 0 unspecified atom stereocenters. The minimum Gasteiger partial charge on any atom is -0.497 e. The van der Waals surface area contributed by atoms with E-state index >= 15 is 0 Å². The van der Waals surface area contributed by atoms with Crippen LogP contribution in [0.4, 0.5) is 13.2 Å². The molecule has 0 fully saturated rings. The lowest BCUT2D eigenvalue weighted by Gasteiger charge is -2.09. The van der Waals surface area contributed by atoms with Gasteiger partial charge in [0.1, 0.15) is 5.75 Å². The molecule has 1 amide bonds. The van der Waals surface area contributed by atoms with Crippen molar-refractivity contribution in [2.75, 3.05) is 7.11 Å². The van der Waals surface area contributed by atoms with Crippen LogP contribution in [0.1, 0.15) is 21.5 Å². The van der Waals surface area contributed by atoms with E-state index in [4.69, 9.17) is 4.74 Å². The third-order valence-electron chi connectivity index (χ3n) is 4.04. The fraction of sp³-hybridized carbons (Fsp3) is 0.158. The van der Waals surface area contributed by atoms with E-state index in [9.17, 15) is 22.8 Å². The molecule has 0 aliphatic heterocycles. The van der Waals surface area contributed by atoms with Gasteiger partial charge in [0.05, 0.1) is 18.2 Å². The van der Waals surface area contributed by atoms with Crippen LogP contribution in [0.5, 0.6) is 5.75 Å². The first-order valence-electron chi connectivity index (χ1n) is 7.93. The number of fused-ring (bicyclic) bond motifs is 1. The molecule has 0 saturated carbocycles. The van der Waals surface area contributed by atoms with Gasteiger partial charge in [-0.2, -0.15) is 13.2 Å². The number of H-pyrrole nitrogens is 1. The maximum Gasteiger partial charge on any atom is 0.416 e. The van der Waals surface area contributed by atoms with Crippen molar-refractivity contribution in [3.63, 3.8) is 0 Å². The Bertz CT molecular complexity index is 1040. The van der Waals surface area contributed by atoms with Gasteiger partial charge in [-0.15, -0.1) is 0 Å². The summed E-state index contributed by atoms with van der Waals surface area (Å²) in [7, 11) is 1.52. The van der Waals surface area contributed by atoms with Gasteiger partial charge in [-0.25, -0.2) is 0 Å². The number of aromatic amines is 1. The largest absolute Gasteiger partial charge is 0.497 e. The molecular weight excluding hydrogens is 361 g/mol. The van der Waals surface area contributed by atoms with Crippen LogP contribution in [0.2, 0.25) is 0 Å². The van der Waals surface area contributed by atoms with Gasteiger partial charge in [0.15, 0.2) is 0 Å². The molecular formula is C19H15F3N2O3. The van der Waals surface area contributed by atoms with Crippen molar-refractivity contribution >= 4 is 16.8 Å². The van der Waals surface area contributed by atoms with Crippen LogP contribution >= 0.6 is 0 Å². The second-order valence-corrected chi connectivity index (χ2v) is 5.83. The van der Waals surface area contributed by atoms with E-state index in [2.05, 4.69) is 10.3 Å². The molecule has 2 N–H and O–H groups in total. The van der Waals surface area contributed by atoms with Crippen molar-refractivity contribution in [2.45, 2.75) is 12.7 Å². The molecule has 3 rings (SSSR count). The Balaban J connectivity index is 1.75. The number of pyridine rings is 1. The highest BCUT2D eigenvalue weighted by molar-refractivity contribution is 5.94. The summed E-state index contributed by atoms with van der Waals surface area (Å²) < 4.78 is 42.8. The molecule has 5 nitrogen and oxygen atoms in total. The van der Waals surface area contributed by atoms with Crippen LogP contribution in [0.25, 0.3) is 10.9 Å². The predicted octanol–water partition coefficient (Wildman–Crippen LogP) is 3.49. The average Bonchev–Trinajstić information content (AvgIpc) is 2.65. The zero-order valence-corrected chi connectivity index (χ0v) is 14.2. The van der Waals surface area contributed by atoms with Gasteiger partial charge in [0.2, 0.25) is 0 Å². The number of methoxy groups -OCH3 is 1. The zero-order valence-electron chi connectivity index (χ0n) is 14.2. The van der Waals surface area contributed by atoms with Gasteiger partial charge >= 0.3 is 6.18 Å². The second-order valence-electron chi connectivity index (χ2n) is 5.83. The lowest BCUT2D eigenvalue weighted by Crippen LogP contribution is -2.26. The van der Waals surface area contributed by atoms with Crippen molar-refractivity contribution in [1.82, 2.24) is 10.3 Å². The molecule has 3 aromatic rings. The van der Waals surface area contributed by atoms with Crippen LogP contribution in [-0.4, -0.2) is 18.0 Å². The number of hydrogen-bond acceptors (Lipinski definition) is 3. The highest BCUT2D eigenvalue weighted by atomic mass is 19.4. The lowest BCUT2D eigenvalue weighted by atomic mass is 10.1. The number of hydrogen-bond donors (Lipinski definition) is 2. The van der Waals surface area contributed by atoms with Crippen LogP contribution < -0.4 is 15.6 Å². The highest BCUT2D eigenvalue weighted by Crippen LogP contribution is 2.29. The van der Waals surface area contributed by atoms with Gasteiger partial charge in [0, 0.05) is 23.7 Å². The first-order valence-corrected chi connectivity index (χ1v) is 7.93. The summed E-state index contributed by atoms with van der Waals surface area (Å²) in [4.78, 5) is 27.0. The number of benzene rings is 2. The molecule has 0 saturated heterocycles. The first-order chi connectivity index (χ1) is 12.8. The number of alkyl halides is 3. The molecule has 0 radical (unpaired) electrons. The third kappa shape index (κ3) is 4.11. The molecule has 1 heterocycles. The number of ether oxygens (including phenoxy) is 1. The lowest BCUT2D eigenvalue weighted by molar-refractivity contribution is -0.137. The van der Waals surface area contributed by atoms with Crippen LogP contribution in [-0.2, 0) is 12.7 Å². The van der Waals surface area contributed by atoms with E-state index in [1.807, 2.05) is 0 Å². The van der Waals surface area contributed by atoms with E-state index < -0.39 is 17.6 Å². The Kier molecular flexibility index (Phi) is 4.89. The molecule has 2 aromatic carbocycles. The Morgan fingerprint density at radius 2 is 1.81 bits per heavy atom. The Morgan fingerprint density at radius 1 is 1.11 bits per heavy atom. The summed E-state index contributed by atoms with van der Waals surface area (Å²) in [5, 5.41) is 3.30. The van der Waals surface area contributed by atoms with Gasteiger partial charge in [-0.05, 0) is 47.9 Å². The first kappa shape index (κ1) is 18.5. The minimum atomic E-state index is -4.46. The molecule has 0 atom stereocenters. The van der Waals surface area contributed by atoms with Crippen molar-refractivity contribution in [1.29, 1.82) is 0 Å². The Hall–Kier alpha value is -3.29. The fourth-order valence-corrected chi connectivity index (χ4v) is 2.57. The summed E-state index contributed by atoms with van der Waals surface area (Å²) in [6.45, 7) is -0.0584. The smallest absolute Gasteiger partial charge is 0.416 e. The standard InChI is InChI=1S/C19H15F3N2O3/c1-27-15-7-4-12-8-13(18(26)24-16(12)9-15)10-23-17(25)11-2-5-14(6-3-11)19(20,21)22/h2-9H,10H2,1H3,(H,23,25)(H,24,26). The summed E-state index contributed by atoms with van der Waals surface area (Å²) in [5.41, 5.74) is -0.209. The molecule has 140 valence electrons. The average molecular weight is 376 g/mol. The zero-order chi connectivity index (χ0) is 19.6. The number of aromatic nitrogens is 1. The van der Waals surface area contributed by atoms with Crippen LogP contribution in [0.15, 0.2) is 53.3 Å². The van der Waals surface area contributed by atoms with Gasteiger partial charge in [0.25, 0.3) is 11.5 Å². The number of amides is 1. The topological polar surface area (TPSA) is 71.2 Å². The van der Waals surface area contributed by atoms with Crippen molar-refractivity contribution in [3.8, 4) is 5.75 Å². The molecule has 1 aromatic heterocycles.